The van der Waals surface area contributed by atoms with Crippen molar-refractivity contribution in [1.82, 2.24) is 20.9 Å². The molecular formula is C50H69F4N6O13S+. The van der Waals surface area contributed by atoms with Crippen molar-refractivity contribution in [3.8, 4) is 0 Å². The number of thiol groups is 1. The van der Waals surface area contributed by atoms with Gasteiger partial charge in [0.15, 0.2) is 23.4 Å². The number of aliphatic hydroxyl groups excluding tert-OH is 1. The van der Waals surface area contributed by atoms with Gasteiger partial charge in [-0.1, -0.05) is 76.6 Å². The molecule has 1 fully saturated rings. The van der Waals surface area contributed by atoms with Crippen molar-refractivity contribution in [1.29, 1.82) is 0 Å². The number of ketones is 3. The molecule has 9 atom stereocenters. The number of carbonyl (C=O) groups is 10. The largest absolute Gasteiger partial charge is 0.490 e. The lowest BCUT2D eigenvalue weighted by molar-refractivity contribution is -0.403. The number of benzene rings is 2. The number of carboxylic acid groups (broad SMARTS) is 2. The van der Waals surface area contributed by atoms with Gasteiger partial charge in [0.05, 0.1) is 36.6 Å². The molecule has 11 N–H and O–H groups in total. The van der Waals surface area contributed by atoms with E-state index in [4.69, 9.17) is 15.6 Å². The monoisotopic (exact) mass is 1070 g/mol. The molecule has 1 saturated heterocycles. The van der Waals surface area contributed by atoms with Gasteiger partial charge >= 0.3 is 18.1 Å². The fraction of sp³-hybridized carbons (Fsp3) is 0.560. The van der Waals surface area contributed by atoms with E-state index in [0.29, 0.717) is 24.0 Å². The molecule has 2 aromatic carbocycles. The molecule has 0 saturated carbocycles. The van der Waals surface area contributed by atoms with Crippen LogP contribution in [0.3, 0.4) is 0 Å². The molecule has 0 radical (unpaired) electrons. The van der Waals surface area contributed by atoms with E-state index < -0.39 is 144 Å². The average molecular weight is 1070 g/mol. The van der Waals surface area contributed by atoms with E-state index in [1.807, 2.05) is 6.92 Å². The Kier molecular flexibility index (Phi) is 26.6. The molecule has 0 unspecified atom stereocenters. The highest BCUT2D eigenvalue weighted by Gasteiger charge is 2.41. The summed E-state index contributed by atoms with van der Waals surface area (Å²) in [7, 11) is 0. The first-order valence-corrected chi connectivity index (χ1v) is 24.7. The van der Waals surface area contributed by atoms with Crippen LogP contribution in [0, 0.1) is 35.4 Å². The summed E-state index contributed by atoms with van der Waals surface area (Å²) >= 11 is 4.34. The van der Waals surface area contributed by atoms with Gasteiger partial charge in [-0.25, -0.2) is 14.0 Å². The Bertz CT molecular complexity index is 2260. The number of Topliss-reactive ketones (excluding diaryl/α,β-unsaturated/α-hetero) is 3. The van der Waals surface area contributed by atoms with Crippen LogP contribution in [0.2, 0.25) is 0 Å². The van der Waals surface area contributed by atoms with Gasteiger partial charge in [0.25, 0.3) is 5.91 Å². The first-order chi connectivity index (χ1) is 34.6. The Morgan fingerprint density at radius 3 is 1.84 bits per heavy atom. The molecule has 74 heavy (non-hydrogen) atoms. The highest BCUT2D eigenvalue weighted by molar-refractivity contribution is 7.80. The molecule has 2 aromatic rings. The van der Waals surface area contributed by atoms with Crippen LogP contribution in [0.1, 0.15) is 90.2 Å². The van der Waals surface area contributed by atoms with E-state index in [0.717, 1.165) is 0 Å². The molecule has 0 spiro atoms. The molecule has 5 amide bonds. The van der Waals surface area contributed by atoms with Gasteiger partial charge < -0.3 is 47.6 Å². The molecule has 24 heteroatoms. The Morgan fingerprint density at radius 2 is 1.32 bits per heavy atom. The average Bonchev–Trinajstić information content (AvgIpc) is 3.84. The Morgan fingerprint density at radius 1 is 0.784 bits per heavy atom. The number of nitrogens with two attached hydrogens (primary N) is 1. The first kappa shape index (κ1) is 63.8. The quantitative estimate of drug-likeness (QED) is 0.0417. The molecule has 1 heterocycles. The summed E-state index contributed by atoms with van der Waals surface area (Å²) in [5, 5.41) is 35.0. The number of quaternary nitrogens is 1. The van der Waals surface area contributed by atoms with Gasteiger partial charge in [0.2, 0.25) is 23.6 Å². The topological polar surface area (TPSA) is 324 Å². The number of nitrogens with one attached hydrogen (secondary N) is 3. The van der Waals surface area contributed by atoms with Crippen molar-refractivity contribution in [2.75, 3.05) is 18.9 Å². The van der Waals surface area contributed by atoms with E-state index in [1.54, 1.807) is 63.2 Å². The summed E-state index contributed by atoms with van der Waals surface area (Å²) in [5.41, 5.74) is 10.7. The van der Waals surface area contributed by atoms with Crippen molar-refractivity contribution in [3.63, 3.8) is 0 Å². The first-order valence-electron chi connectivity index (χ1n) is 24.1. The number of hydrogen-bond acceptors (Lipinski definition) is 12. The number of likely N-dealkylation sites (tertiary alicyclic amines) is 1. The summed E-state index contributed by atoms with van der Waals surface area (Å²) in [6.45, 7) is 6.35. The van der Waals surface area contributed by atoms with Crippen LogP contribution in [0.25, 0.3) is 0 Å². The van der Waals surface area contributed by atoms with Crippen molar-refractivity contribution in [3.05, 3.63) is 71.5 Å². The van der Waals surface area contributed by atoms with Crippen molar-refractivity contribution in [2.24, 2.45) is 35.3 Å². The van der Waals surface area contributed by atoms with Gasteiger partial charge in [-0.15, -0.1) is 0 Å². The molecule has 0 aromatic heterocycles. The predicted octanol–water partition coefficient (Wildman–Crippen LogP) is 2.00. The highest BCUT2D eigenvalue weighted by atomic mass is 32.1. The van der Waals surface area contributed by atoms with E-state index >= 15 is 0 Å². The van der Waals surface area contributed by atoms with E-state index in [1.165, 1.54) is 17.0 Å². The van der Waals surface area contributed by atoms with E-state index in [9.17, 15) is 70.9 Å². The number of carbonyl (C=O) groups excluding carboxylic acids is 8. The van der Waals surface area contributed by atoms with Crippen molar-refractivity contribution >= 4 is 71.5 Å². The number of aliphatic hydroxyl groups is 1. The zero-order valence-corrected chi connectivity index (χ0v) is 42.7. The SMILES string of the molecule is CC[C@H](C)[C@H](NC(=O)[C@@H]([NH3+])Cc1ccc(F)cc1)C(=O)C[C@@H](CS)C(=O)N[C@H](C(=O)C[C@@H](CCC(N)=O)C(=O)N1CCC[C@H]1C(=O)C[C@@H](CO)C(=O)N[C@@H](Cc1ccccc1)C(=O)O)C(C)C.O=C(O)C(F)(F)F. The molecule has 19 nitrogen and oxygen atoms in total. The third kappa shape index (κ3) is 20.9. The molecule has 410 valence electrons. The molecule has 3 rings (SSSR count). The van der Waals surface area contributed by atoms with Gasteiger partial charge in [-0.2, -0.15) is 25.8 Å². The smallest absolute Gasteiger partial charge is 0.480 e. The van der Waals surface area contributed by atoms with Crippen LogP contribution in [-0.2, 0) is 60.8 Å². The lowest BCUT2D eigenvalue weighted by Gasteiger charge is -2.30. The van der Waals surface area contributed by atoms with Crippen molar-refractivity contribution < 1.29 is 86.6 Å². The lowest BCUT2D eigenvalue weighted by Crippen LogP contribution is -2.69. The number of primary amides is 1. The summed E-state index contributed by atoms with van der Waals surface area (Å²) in [6.07, 6.45) is -5.48. The maximum Gasteiger partial charge on any atom is 0.490 e. The van der Waals surface area contributed by atoms with Gasteiger partial charge in [-0.3, -0.25) is 38.4 Å². The Balaban J connectivity index is 0.00000249. The summed E-state index contributed by atoms with van der Waals surface area (Å²) < 4.78 is 45.2. The zero-order valence-electron chi connectivity index (χ0n) is 41.8. The van der Waals surface area contributed by atoms with E-state index in [-0.39, 0.29) is 56.7 Å². The number of hydrogen-bond donors (Lipinski definition) is 9. The fourth-order valence-electron chi connectivity index (χ4n) is 8.10. The van der Waals surface area contributed by atoms with E-state index in [2.05, 4.69) is 34.3 Å². The fourth-order valence-corrected chi connectivity index (χ4v) is 8.40. The van der Waals surface area contributed by atoms with Crippen molar-refractivity contribution in [2.45, 2.75) is 128 Å². The molecule has 1 aliphatic heterocycles. The van der Waals surface area contributed by atoms with Crippen LogP contribution in [-0.4, -0.2) is 134 Å². The number of carboxylic acids is 2. The normalized spacial score (nSPS) is 16.6. The lowest BCUT2D eigenvalue weighted by atomic mass is 9.87. The van der Waals surface area contributed by atoms with Gasteiger partial charge in [0.1, 0.15) is 11.9 Å². The maximum atomic E-state index is 14.2. The molecule has 0 aliphatic carbocycles. The highest BCUT2D eigenvalue weighted by Crippen LogP contribution is 2.27. The predicted molar refractivity (Wildman–Crippen MR) is 262 cm³/mol. The zero-order chi connectivity index (χ0) is 56.0. The van der Waals surface area contributed by atoms with Crippen LogP contribution in [0.4, 0.5) is 17.6 Å². The number of rotatable bonds is 29. The minimum atomic E-state index is -5.08. The maximum absolute atomic E-state index is 14.2. The second kappa shape index (κ2) is 30.8. The number of nitrogens with zero attached hydrogens (tertiary/aromatic N) is 1. The van der Waals surface area contributed by atoms with Crippen LogP contribution < -0.4 is 27.4 Å². The summed E-state index contributed by atoms with van der Waals surface area (Å²) in [4.78, 5) is 130. The van der Waals surface area contributed by atoms with Gasteiger partial charge in [0, 0.05) is 56.7 Å². The minimum Gasteiger partial charge on any atom is -0.480 e. The Labute approximate surface area is 431 Å². The molecule has 0 bridgehead atoms. The molecular weight excluding hydrogens is 1000 g/mol. The molecule has 1 aliphatic rings. The second-order valence-corrected chi connectivity index (χ2v) is 19.0. The van der Waals surface area contributed by atoms with Crippen LogP contribution in [0.15, 0.2) is 54.6 Å². The second-order valence-electron chi connectivity index (χ2n) is 18.7. The number of halogens is 4. The summed E-state index contributed by atoms with van der Waals surface area (Å²) in [5.74, 6) is -13.7. The third-order valence-corrected chi connectivity index (χ3v) is 13.0. The standard InChI is InChI=1S/C48H67FN6O11S.C2HF3O2/c1-5-28(4)43(54-46(63)35(50)20-30-13-16-34(49)17-14-30)40(59)24-33(26-67)45(62)53-42(27(2)3)39(58)22-31(15-18-41(51)60)47(64)55-19-9-12-37(55)38(57)23-32(25-56)44(61)52-36(48(65)66)21-29-10-7-6-8-11-29;3-2(4,5)1(6)7/h6-8,10-11,13-14,16-17,27-28,31-33,35-37,42-43,56,67H,5,9,12,15,18-26,50H2,1-4H3,(H2,51,60)(H,52,61)(H,53,62)(H,54,63)(H,65,66);(H,6,7)/p+1/t28-,31+,32-,33-,35-,36-,37-,42-,43-;/m0./s1. The Hall–Kier alpha value is -6.27. The van der Waals surface area contributed by atoms with Crippen LogP contribution in [0.5, 0.6) is 0 Å². The number of aliphatic carboxylic acids is 2. The minimum absolute atomic E-state index is 0.0403. The van der Waals surface area contributed by atoms with Crippen LogP contribution >= 0.6 is 12.6 Å². The summed E-state index contributed by atoms with van der Waals surface area (Å²) in [6, 6.07) is 8.96. The third-order valence-electron chi connectivity index (χ3n) is 12.6. The number of amides is 5. The van der Waals surface area contributed by atoms with Gasteiger partial charge in [-0.05, 0) is 54.4 Å². The number of alkyl halides is 3.